The van der Waals surface area contributed by atoms with E-state index in [-0.39, 0.29) is 11.7 Å². The van der Waals surface area contributed by atoms with E-state index in [2.05, 4.69) is 22.1 Å². The average Bonchev–Trinajstić information content (AvgIpc) is 3.23. The molecule has 1 heterocycles. The molecule has 35 heavy (non-hydrogen) atoms. The van der Waals surface area contributed by atoms with Crippen molar-refractivity contribution < 1.29 is 19.0 Å². The molecule has 3 aromatic rings. The predicted octanol–water partition coefficient (Wildman–Crippen LogP) is 5.19. The van der Waals surface area contributed by atoms with Crippen molar-refractivity contribution in [1.82, 2.24) is 14.8 Å². The highest BCUT2D eigenvalue weighted by molar-refractivity contribution is 7.99. The van der Waals surface area contributed by atoms with E-state index in [0.29, 0.717) is 46.9 Å². The van der Waals surface area contributed by atoms with Gasteiger partial charge in [-0.3, -0.25) is 4.79 Å². The molecule has 1 aromatic heterocycles. The lowest BCUT2D eigenvalue weighted by Gasteiger charge is -2.12. The van der Waals surface area contributed by atoms with Gasteiger partial charge in [-0.05, 0) is 49.2 Å². The Labute approximate surface area is 214 Å². The quantitative estimate of drug-likeness (QED) is 0.190. The Morgan fingerprint density at radius 3 is 2.69 bits per heavy atom. The number of allylic oxidation sites excluding steroid dienone is 1. The van der Waals surface area contributed by atoms with Crippen LogP contribution in [0.4, 0.5) is 5.69 Å². The van der Waals surface area contributed by atoms with Gasteiger partial charge in [0, 0.05) is 24.1 Å². The van der Waals surface area contributed by atoms with Crippen LogP contribution in [0.3, 0.4) is 0 Å². The lowest BCUT2D eigenvalue weighted by Crippen LogP contribution is -2.15. The minimum Gasteiger partial charge on any atom is -0.497 e. The van der Waals surface area contributed by atoms with Gasteiger partial charge in [0.1, 0.15) is 23.1 Å². The smallest absolute Gasteiger partial charge is 0.234 e. The van der Waals surface area contributed by atoms with Gasteiger partial charge in [-0.15, -0.1) is 16.8 Å². The van der Waals surface area contributed by atoms with Crippen LogP contribution in [0.1, 0.15) is 17.8 Å². The fourth-order valence-electron chi connectivity index (χ4n) is 3.34. The number of aryl methyl sites for hydroxylation is 2. The second-order valence-corrected chi connectivity index (χ2v) is 8.94. The summed E-state index contributed by atoms with van der Waals surface area (Å²) in [5.41, 5.74) is 1.54. The van der Waals surface area contributed by atoms with Crippen LogP contribution in [-0.4, -0.2) is 47.3 Å². The number of hydrogen-bond acceptors (Lipinski definition) is 7. The molecule has 1 N–H and O–H groups in total. The molecule has 1 amide bonds. The maximum atomic E-state index is 12.6. The zero-order valence-corrected chi connectivity index (χ0v) is 21.6. The van der Waals surface area contributed by atoms with Crippen LogP contribution in [0.15, 0.2) is 54.2 Å². The van der Waals surface area contributed by atoms with Crippen LogP contribution in [0.2, 0.25) is 5.02 Å². The molecule has 0 atom stereocenters. The summed E-state index contributed by atoms with van der Waals surface area (Å²) in [5.74, 6) is 2.78. The fraction of sp³-hybridized carbons (Fsp3) is 0.320. The third-order valence-corrected chi connectivity index (χ3v) is 6.26. The summed E-state index contributed by atoms with van der Waals surface area (Å²) >= 11 is 7.31. The topological polar surface area (TPSA) is 87.5 Å². The first kappa shape index (κ1) is 26.4. The van der Waals surface area contributed by atoms with E-state index in [4.69, 9.17) is 25.8 Å². The zero-order chi connectivity index (χ0) is 25.2. The summed E-state index contributed by atoms with van der Waals surface area (Å²) < 4.78 is 18.4. The van der Waals surface area contributed by atoms with Crippen LogP contribution < -0.4 is 19.5 Å². The van der Waals surface area contributed by atoms with Gasteiger partial charge >= 0.3 is 0 Å². The number of amides is 1. The summed E-state index contributed by atoms with van der Waals surface area (Å²) in [5, 5.41) is 12.8. The summed E-state index contributed by atoms with van der Waals surface area (Å²) in [4.78, 5) is 12.6. The number of carbonyl (C=O) groups excluding carboxylic acids is 1. The van der Waals surface area contributed by atoms with E-state index in [1.165, 1.54) is 11.8 Å². The van der Waals surface area contributed by atoms with E-state index >= 15 is 0 Å². The van der Waals surface area contributed by atoms with Crippen molar-refractivity contribution in [2.75, 3.05) is 31.9 Å². The zero-order valence-electron chi connectivity index (χ0n) is 20.0. The monoisotopic (exact) mass is 516 g/mol. The molecule has 0 unspecified atom stereocenters. The number of hydrogen-bond donors (Lipinski definition) is 1. The molecule has 0 radical (unpaired) electrons. The minimum atomic E-state index is -0.192. The number of anilines is 1. The number of carbonyl (C=O) groups is 1. The standard InChI is InChI=1S/C25H29ClN4O4S/c1-5-12-30-23(7-6-13-34-21-10-8-18(26)14-17(21)2)28-29-25(30)35-16-24(31)27-20-15-19(32-3)9-11-22(20)33-4/h5,8-11,14-15H,1,6-7,12-13,16H2,2-4H3,(H,27,31). The van der Waals surface area contributed by atoms with Crippen molar-refractivity contribution in [2.24, 2.45) is 0 Å². The number of halogens is 1. The van der Waals surface area contributed by atoms with E-state index in [1.54, 1.807) is 38.5 Å². The molecule has 2 aromatic carbocycles. The molecule has 0 spiro atoms. The normalized spacial score (nSPS) is 10.6. The van der Waals surface area contributed by atoms with Crippen molar-refractivity contribution in [1.29, 1.82) is 0 Å². The number of thioether (sulfide) groups is 1. The molecule has 0 aliphatic rings. The molecule has 0 aliphatic heterocycles. The number of rotatable bonds is 13. The van der Waals surface area contributed by atoms with Gasteiger partial charge in [0.05, 0.1) is 32.3 Å². The van der Waals surface area contributed by atoms with E-state index in [1.807, 2.05) is 29.7 Å². The summed E-state index contributed by atoms with van der Waals surface area (Å²) in [6.07, 6.45) is 3.23. The number of aromatic nitrogens is 3. The predicted molar refractivity (Wildman–Crippen MR) is 139 cm³/mol. The van der Waals surface area contributed by atoms with Crippen molar-refractivity contribution in [3.8, 4) is 17.2 Å². The molecule has 3 rings (SSSR count). The van der Waals surface area contributed by atoms with Crippen LogP contribution in [0.25, 0.3) is 0 Å². The van der Waals surface area contributed by atoms with E-state index in [9.17, 15) is 4.79 Å². The molecule has 0 bridgehead atoms. The van der Waals surface area contributed by atoms with Gasteiger partial charge in [0.25, 0.3) is 0 Å². The lowest BCUT2D eigenvalue weighted by atomic mass is 10.2. The van der Waals surface area contributed by atoms with Gasteiger partial charge in [-0.1, -0.05) is 29.4 Å². The Balaban J connectivity index is 1.56. The van der Waals surface area contributed by atoms with Gasteiger partial charge in [-0.2, -0.15) is 0 Å². The summed E-state index contributed by atoms with van der Waals surface area (Å²) in [6, 6.07) is 10.8. The largest absolute Gasteiger partial charge is 0.497 e. The van der Waals surface area contributed by atoms with E-state index < -0.39 is 0 Å². The van der Waals surface area contributed by atoms with Crippen molar-refractivity contribution in [2.45, 2.75) is 31.5 Å². The Morgan fingerprint density at radius 1 is 1.17 bits per heavy atom. The maximum absolute atomic E-state index is 12.6. The van der Waals surface area contributed by atoms with Gasteiger partial charge in [0.2, 0.25) is 5.91 Å². The van der Waals surface area contributed by atoms with Gasteiger partial charge in [-0.25, -0.2) is 0 Å². The Kier molecular flexibility index (Phi) is 9.86. The van der Waals surface area contributed by atoms with Crippen molar-refractivity contribution in [3.63, 3.8) is 0 Å². The SMILES string of the molecule is C=CCn1c(CCCOc2ccc(Cl)cc2C)nnc1SCC(=O)Nc1cc(OC)ccc1OC. The third-order valence-electron chi connectivity index (χ3n) is 5.06. The van der Waals surface area contributed by atoms with Crippen LogP contribution in [0, 0.1) is 6.92 Å². The van der Waals surface area contributed by atoms with Gasteiger partial charge < -0.3 is 24.1 Å². The highest BCUT2D eigenvalue weighted by Gasteiger charge is 2.15. The highest BCUT2D eigenvalue weighted by atomic mass is 35.5. The first-order valence-electron chi connectivity index (χ1n) is 11.0. The average molecular weight is 517 g/mol. The Morgan fingerprint density at radius 2 is 1.97 bits per heavy atom. The first-order chi connectivity index (χ1) is 16.9. The molecule has 0 fully saturated rings. The Hall–Kier alpha value is -3.17. The van der Waals surface area contributed by atoms with Crippen molar-refractivity contribution >= 4 is 35.0 Å². The summed E-state index contributed by atoms with van der Waals surface area (Å²) in [6.45, 7) is 6.88. The number of methoxy groups -OCH3 is 2. The third kappa shape index (κ3) is 7.40. The van der Waals surface area contributed by atoms with Gasteiger partial charge in [0.15, 0.2) is 5.16 Å². The molecule has 10 heteroatoms. The molecule has 8 nitrogen and oxygen atoms in total. The number of nitrogens with one attached hydrogen (secondary N) is 1. The molecular weight excluding hydrogens is 488 g/mol. The van der Waals surface area contributed by atoms with Crippen molar-refractivity contribution in [3.05, 3.63) is 65.5 Å². The second-order valence-electron chi connectivity index (χ2n) is 7.56. The number of ether oxygens (including phenoxy) is 3. The first-order valence-corrected chi connectivity index (χ1v) is 12.4. The minimum absolute atomic E-state index is 0.161. The Bertz CT molecular complexity index is 1170. The second kappa shape index (κ2) is 13.1. The summed E-state index contributed by atoms with van der Waals surface area (Å²) in [7, 11) is 3.12. The fourth-order valence-corrected chi connectivity index (χ4v) is 4.33. The molecule has 0 saturated heterocycles. The maximum Gasteiger partial charge on any atom is 0.234 e. The molecule has 0 saturated carbocycles. The highest BCUT2D eigenvalue weighted by Crippen LogP contribution is 2.29. The number of benzene rings is 2. The number of nitrogens with zero attached hydrogens (tertiary/aromatic N) is 3. The molecular formula is C25H29ClN4O4S. The van der Waals surface area contributed by atoms with Crippen LogP contribution in [0.5, 0.6) is 17.2 Å². The van der Waals surface area contributed by atoms with Crippen LogP contribution >= 0.6 is 23.4 Å². The van der Waals surface area contributed by atoms with Crippen LogP contribution in [-0.2, 0) is 17.8 Å². The van der Waals surface area contributed by atoms with E-state index in [0.717, 1.165) is 23.6 Å². The molecule has 186 valence electrons. The molecule has 0 aliphatic carbocycles. The lowest BCUT2D eigenvalue weighted by molar-refractivity contribution is -0.113.